The molecule has 92 valence electrons. The molecule has 1 fully saturated rings. The maximum absolute atomic E-state index is 13.6. The molecule has 0 bridgehead atoms. The third-order valence-electron chi connectivity index (χ3n) is 2.74. The average molecular weight is 256 g/mol. The number of nitrogens with zero attached hydrogens (tertiary/aromatic N) is 1. The van der Waals surface area contributed by atoms with Crippen molar-refractivity contribution in [1.29, 1.82) is 0 Å². The van der Waals surface area contributed by atoms with Gasteiger partial charge in [-0.2, -0.15) is 11.8 Å². The Morgan fingerprint density at radius 2 is 2.35 bits per heavy atom. The highest BCUT2D eigenvalue weighted by atomic mass is 32.2. The predicted octanol–water partition coefficient (Wildman–Crippen LogP) is 3.04. The van der Waals surface area contributed by atoms with Crippen molar-refractivity contribution in [3.63, 3.8) is 0 Å². The molecule has 4 nitrogen and oxygen atoms in total. The molecule has 1 aliphatic rings. The van der Waals surface area contributed by atoms with Gasteiger partial charge in [-0.05, 0) is 12.5 Å². The summed E-state index contributed by atoms with van der Waals surface area (Å²) in [5, 5.41) is 14.3. The van der Waals surface area contributed by atoms with Gasteiger partial charge in [-0.1, -0.05) is 13.0 Å². The fourth-order valence-corrected chi connectivity index (χ4v) is 3.08. The first kappa shape index (κ1) is 12.2. The highest BCUT2D eigenvalue weighted by Crippen LogP contribution is 2.32. The van der Waals surface area contributed by atoms with Crippen molar-refractivity contribution < 1.29 is 9.31 Å². The molecule has 2 unspecified atom stereocenters. The van der Waals surface area contributed by atoms with E-state index in [0.717, 1.165) is 12.2 Å². The van der Waals surface area contributed by atoms with E-state index in [1.165, 1.54) is 18.2 Å². The van der Waals surface area contributed by atoms with Gasteiger partial charge in [0.2, 0.25) is 0 Å². The number of nitrogens with one attached hydrogen (secondary N) is 1. The second-order valence-electron chi connectivity index (χ2n) is 4.11. The van der Waals surface area contributed by atoms with Crippen LogP contribution in [0.15, 0.2) is 18.2 Å². The van der Waals surface area contributed by atoms with Crippen LogP contribution in [0.5, 0.6) is 0 Å². The second-order valence-corrected chi connectivity index (χ2v) is 5.58. The zero-order chi connectivity index (χ0) is 12.4. The monoisotopic (exact) mass is 256 g/mol. The number of halogens is 1. The zero-order valence-corrected chi connectivity index (χ0v) is 10.2. The zero-order valence-electron chi connectivity index (χ0n) is 9.35. The summed E-state index contributed by atoms with van der Waals surface area (Å²) in [6.07, 6.45) is 0.899. The number of anilines is 1. The van der Waals surface area contributed by atoms with Crippen LogP contribution in [-0.4, -0.2) is 22.0 Å². The van der Waals surface area contributed by atoms with Gasteiger partial charge in [-0.3, -0.25) is 10.1 Å². The molecule has 0 aromatic heterocycles. The molecule has 1 N–H and O–H groups in total. The molecule has 1 aromatic carbocycles. The minimum Gasteiger partial charge on any atom is -0.373 e. The predicted molar refractivity (Wildman–Crippen MR) is 67.0 cm³/mol. The SMILES string of the molecule is CC1CC(Nc2c(F)cccc2[N+](=O)[O-])CS1. The molecule has 2 rings (SSSR count). The summed E-state index contributed by atoms with van der Waals surface area (Å²) in [5.74, 6) is 0.288. The number of benzene rings is 1. The van der Waals surface area contributed by atoms with Crippen molar-refractivity contribution >= 4 is 23.1 Å². The average Bonchev–Trinajstić information content (AvgIpc) is 2.67. The molecule has 0 saturated carbocycles. The number of hydrogen-bond acceptors (Lipinski definition) is 4. The van der Waals surface area contributed by atoms with Gasteiger partial charge in [0.25, 0.3) is 5.69 Å². The van der Waals surface area contributed by atoms with E-state index in [1.807, 2.05) is 0 Å². The second kappa shape index (κ2) is 4.91. The fraction of sp³-hybridized carbons (Fsp3) is 0.455. The van der Waals surface area contributed by atoms with Gasteiger partial charge in [0, 0.05) is 23.1 Å². The van der Waals surface area contributed by atoms with Crippen LogP contribution in [0.4, 0.5) is 15.8 Å². The Morgan fingerprint density at radius 1 is 1.59 bits per heavy atom. The van der Waals surface area contributed by atoms with E-state index in [-0.39, 0.29) is 17.4 Å². The third kappa shape index (κ3) is 2.69. The van der Waals surface area contributed by atoms with E-state index < -0.39 is 10.7 Å². The molecule has 0 spiro atoms. The number of hydrogen-bond donors (Lipinski definition) is 1. The molecule has 0 radical (unpaired) electrons. The maximum Gasteiger partial charge on any atom is 0.295 e. The lowest BCUT2D eigenvalue weighted by Gasteiger charge is -2.13. The first-order chi connectivity index (χ1) is 8.08. The molecule has 2 atom stereocenters. The lowest BCUT2D eigenvalue weighted by molar-refractivity contribution is -0.384. The van der Waals surface area contributed by atoms with E-state index in [4.69, 9.17) is 0 Å². The van der Waals surface area contributed by atoms with Gasteiger partial charge in [-0.25, -0.2) is 4.39 Å². The summed E-state index contributed by atoms with van der Waals surface area (Å²) in [4.78, 5) is 10.2. The van der Waals surface area contributed by atoms with Crippen molar-refractivity contribution in [1.82, 2.24) is 0 Å². The molecule has 0 aliphatic carbocycles. The number of rotatable bonds is 3. The minimum atomic E-state index is -0.566. The molecule has 1 aromatic rings. The van der Waals surface area contributed by atoms with Gasteiger partial charge in [0.05, 0.1) is 4.92 Å². The summed E-state index contributed by atoms with van der Waals surface area (Å²) in [6.45, 7) is 2.10. The van der Waals surface area contributed by atoms with Gasteiger partial charge in [-0.15, -0.1) is 0 Å². The molecule has 1 saturated heterocycles. The Balaban J connectivity index is 2.22. The number of nitro groups is 1. The standard InChI is InChI=1S/C11H13FN2O2S/c1-7-5-8(6-17-7)13-11-9(12)3-2-4-10(11)14(15)16/h2-4,7-8,13H,5-6H2,1H3. The molecule has 17 heavy (non-hydrogen) atoms. The number of thioether (sulfide) groups is 1. The molecule has 1 aliphatic heterocycles. The first-order valence-corrected chi connectivity index (χ1v) is 6.44. The van der Waals surface area contributed by atoms with Crippen LogP contribution in [0.25, 0.3) is 0 Å². The largest absolute Gasteiger partial charge is 0.373 e. The fourth-order valence-electron chi connectivity index (χ4n) is 1.93. The summed E-state index contributed by atoms with van der Waals surface area (Å²) < 4.78 is 13.6. The van der Waals surface area contributed by atoms with Crippen molar-refractivity contribution in [3.05, 3.63) is 34.1 Å². The highest BCUT2D eigenvalue weighted by molar-refractivity contribution is 8.00. The molecular weight excluding hydrogens is 243 g/mol. The topological polar surface area (TPSA) is 55.2 Å². The Hall–Kier alpha value is -1.30. The van der Waals surface area contributed by atoms with E-state index in [2.05, 4.69) is 12.2 Å². The summed E-state index contributed by atoms with van der Waals surface area (Å²) in [6, 6.07) is 4.01. The Bertz CT molecular complexity index is 441. The van der Waals surface area contributed by atoms with E-state index in [9.17, 15) is 14.5 Å². The summed E-state index contributed by atoms with van der Waals surface area (Å²) >= 11 is 1.79. The van der Waals surface area contributed by atoms with Crippen LogP contribution in [0.2, 0.25) is 0 Å². The molecular formula is C11H13FN2O2S. The van der Waals surface area contributed by atoms with Crippen LogP contribution >= 0.6 is 11.8 Å². The van der Waals surface area contributed by atoms with E-state index in [0.29, 0.717) is 5.25 Å². The molecule has 1 heterocycles. The lowest BCUT2D eigenvalue weighted by atomic mass is 10.1. The molecule has 6 heteroatoms. The Labute approximate surface area is 103 Å². The number of para-hydroxylation sites is 1. The van der Waals surface area contributed by atoms with Gasteiger partial charge < -0.3 is 5.32 Å². The minimum absolute atomic E-state index is 0.0113. The normalized spacial score (nSPS) is 23.6. The van der Waals surface area contributed by atoms with Gasteiger partial charge in [0.1, 0.15) is 5.69 Å². The number of nitro benzene ring substituents is 1. The third-order valence-corrected chi connectivity index (χ3v) is 4.09. The van der Waals surface area contributed by atoms with Crippen molar-refractivity contribution in [2.24, 2.45) is 0 Å². The first-order valence-electron chi connectivity index (χ1n) is 5.39. The van der Waals surface area contributed by atoms with E-state index in [1.54, 1.807) is 11.8 Å². The van der Waals surface area contributed by atoms with Crippen molar-refractivity contribution in [2.45, 2.75) is 24.6 Å². The van der Waals surface area contributed by atoms with Crippen molar-refractivity contribution in [2.75, 3.05) is 11.1 Å². The van der Waals surface area contributed by atoms with Gasteiger partial charge >= 0.3 is 0 Å². The summed E-state index contributed by atoms with van der Waals surface area (Å²) in [7, 11) is 0. The van der Waals surface area contributed by atoms with Crippen molar-refractivity contribution in [3.8, 4) is 0 Å². The van der Waals surface area contributed by atoms with Crippen LogP contribution in [0.3, 0.4) is 0 Å². The Kier molecular flexibility index (Phi) is 3.51. The highest BCUT2D eigenvalue weighted by Gasteiger charge is 2.26. The molecule has 0 amide bonds. The quantitative estimate of drug-likeness (QED) is 0.667. The van der Waals surface area contributed by atoms with Crippen LogP contribution in [-0.2, 0) is 0 Å². The summed E-state index contributed by atoms with van der Waals surface area (Å²) in [5.41, 5.74) is -0.188. The van der Waals surface area contributed by atoms with E-state index >= 15 is 0 Å². The van der Waals surface area contributed by atoms with Crippen LogP contribution in [0, 0.1) is 15.9 Å². The smallest absolute Gasteiger partial charge is 0.295 e. The van der Waals surface area contributed by atoms with Crippen LogP contribution < -0.4 is 5.32 Å². The van der Waals surface area contributed by atoms with Gasteiger partial charge in [0.15, 0.2) is 5.82 Å². The Morgan fingerprint density at radius 3 is 2.94 bits per heavy atom. The van der Waals surface area contributed by atoms with Crippen LogP contribution in [0.1, 0.15) is 13.3 Å². The lowest BCUT2D eigenvalue weighted by Crippen LogP contribution is -2.20. The maximum atomic E-state index is 13.6.